The molecular formula is C20H30ClN3O3S. The van der Waals surface area contributed by atoms with Crippen LogP contribution in [0.2, 0.25) is 0 Å². The summed E-state index contributed by atoms with van der Waals surface area (Å²) in [5.74, 6) is 0.165. The molecule has 0 radical (unpaired) electrons. The van der Waals surface area contributed by atoms with Crippen molar-refractivity contribution in [3.63, 3.8) is 0 Å². The van der Waals surface area contributed by atoms with Crippen LogP contribution in [0, 0.1) is 0 Å². The number of nitrogens with one attached hydrogen (secondary N) is 1. The number of benzene rings is 1. The zero-order chi connectivity index (χ0) is 18.9. The van der Waals surface area contributed by atoms with Gasteiger partial charge in [-0.1, -0.05) is 18.6 Å². The summed E-state index contributed by atoms with van der Waals surface area (Å²) >= 11 is 0. The molecule has 3 saturated heterocycles. The molecule has 6 nitrogen and oxygen atoms in total. The smallest absolute Gasteiger partial charge is 0.243 e. The topological polar surface area (TPSA) is 69.7 Å². The van der Waals surface area contributed by atoms with Gasteiger partial charge in [-0.3, -0.25) is 4.79 Å². The maximum atomic E-state index is 12.9. The molecule has 0 aromatic heterocycles. The minimum absolute atomic E-state index is 0. The lowest BCUT2D eigenvalue weighted by molar-refractivity contribution is -0.133. The van der Waals surface area contributed by atoms with Gasteiger partial charge in [0.25, 0.3) is 0 Å². The Hall–Kier alpha value is -1.15. The third kappa shape index (κ3) is 4.37. The fourth-order valence-electron chi connectivity index (χ4n) is 4.69. The van der Waals surface area contributed by atoms with Crippen molar-refractivity contribution in [3.05, 3.63) is 29.8 Å². The van der Waals surface area contributed by atoms with Crippen LogP contribution in [0.5, 0.6) is 0 Å². The van der Waals surface area contributed by atoms with Crippen molar-refractivity contribution in [1.82, 2.24) is 14.5 Å². The van der Waals surface area contributed by atoms with Gasteiger partial charge in [0.05, 0.1) is 11.3 Å². The number of carbonyl (C=O) groups excluding carboxylic acids is 1. The van der Waals surface area contributed by atoms with E-state index in [1.54, 1.807) is 28.6 Å². The van der Waals surface area contributed by atoms with Crippen LogP contribution < -0.4 is 5.32 Å². The van der Waals surface area contributed by atoms with Gasteiger partial charge in [-0.2, -0.15) is 4.31 Å². The number of halogens is 1. The van der Waals surface area contributed by atoms with Crippen LogP contribution in [0.15, 0.2) is 29.2 Å². The molecule has 3 aliphatic heterocycles. The number of hydrogen-bond donors (Lipinski definition) is 1. The summed E-state index contributed by atoms with van der Waals surface area (Å²) in [6.45, 7) is 3.08. The fraction of sp³-hybridized carbons (Fsp3) is 0.650. The van der Waals surface area contributed by atoms with Gasteiger partial charge in [0.2, 0.25) is 15.9 Å². The molecule has 4 rings (SSSR count). The van der Waals surface area contributed by atoms with Crippen LogP contribution in [0.4, 0.5) is 0 Å². The molecule has 1 amide bonds. The second-order valence-corrected chi connectivity index (χ2v) is 9.90. The molecule has 0 saturated carbocycles. The van der Waals surface area contributed by atoms with Gasteiger partial charge in [-0.25, -0.2) is 8.42 Å². The van der Waals surface area contributed by atoms with Crippen molar-refractivity contribution in [2.24, 2.45) is 0 Å². The zero-order valence-electron chi connectivity index (χ0n) is 16.2. The first-order valence-corrected chi connectivity index (χ1v) is 11.6. The molecule has 3 heterocycles. The maximum Gasteiger partial charge on any atom is 0.243 e. The minimum Gasteiger partial charge on any atom is -0.335 e. The Bertz CT molecular complexity index is 764. The largest absolute Gasteiger partial charge is 0.335 e. The minimum atomic E-state index is -3.41. The van der Waals surface area contributed by atoms with Gasteiger partial charge >= 0.3 is 0 Å². The Labute approximate surface area is 174 Å². The first-order valence-electron chi connectivity index (χ1n) is 10.2. The Morgan fingerprint density at radius 2 is 1.68 bits per heavy atom. The van der Waals surface area contributed by atoms with Crippen LogP contribution in [0.3, 0.4) is 0 Å². The molecule has 1 N–H and O–H groups in total. The van der Waals surface area contributed by atoms with Gasteiger partial charge in [0, 0.05) is 31.7 Å². The molecule has 3 aliphatic rings. The Morgan fingerprint density at radius 3 is 2.39 bits per heavy atom. The average molecular weight is 428 g/mol. The molecule has 2 unspecified atom stereocenters. The fourth-order valence-corrected chi connectivity index (χ4v) is 6.21. The first-order chi connectivity index (χ1) is 13.1. The highest BCUT2D eigenvalue weighted by molar-refractivity contribution is 7.89. The monoisotopic (exact) mass is 427 g/mol. The highest BCUT2D eigenvalue weighted by Gasteiger charge is 2.37. The van der Waals surface area contributed by atoms with Crippen molar-refractivity contribution < 1.29 is 13.2 Å². The van der Waals surface area contributed by atoms with Crippen LogP contribution in [-0.2, 0) is 21.2 Å². The first kappa shape index (κ1) is 21.6. The standard InChI is InChI=1S/C20H29N3O3S.ClH/c24-20(23-17-6-7-18(23)15-21-11-10-17)14-16-4-8-19(9-5-16)27(25,26)22-12-2-1-3-13-22;/h4-5,8-9,17-18,21H,1-3,6-7,10-15H2;1H. The summed E-state index contributed by atoms with van der Waals surface area (Å²) in [4.78, 5) is 15.3. The molecule has 0 spiro atoms. The van der Waals surface area contributed by atoms with Gasteiger partial charge in [0.15, 0.2) is 0 Å². The lowest BCUT2D eigenvalue weighted by Gasteiger charge is -2.28. The third-order valence-electron chi connectivity index (χ3n) is 6.17. The van der Waals surface area contributed by atoms with Crippen LogP contribution in [0.25, 0.3) is 0 Å². The molecule has 1 aromatic carbocycles. The van der Waals surface area contributed by atoms with Crippen molar-refractivity contribution in [1.29, 1.82) is 0 Å². The van der Waals surface area contributed by atoms with E-state index >= 15 is 0 Å². The Kier molecular flexibility index (Phi) is 7.02. The number of hydrogen-bond acceptors (Lipinski definition) is 4. The summed E-state index contributed by atoms with van der Waals surface area (Å²) in [6.07, 6.45) is 6.51. The van der Waals surface area contributed by atoms with E-state index in [4.69, 9.17) is 0 Å². The van der Waals surface area contributed by atoms with E-state index in [2.05, 4.69) is 10.2 Å². The summed E-state index contributed by atoms with van der Waals surface area (Å²) in [6, 6.07) is 7.58. The Balaban J connectivity index is 0.00000225. The van der Waals surface area contributed by atoms with Crippen molar-refractivity contribution in [2.75, 3.05) is 26.2 Å². The highest BCUT2D eigenvalue weighted by Crippen LogP contribution is 2.29. The normalized spacial score (nSPS) is 25.8. The number of piperidine rings is 1. The van der Waals surface area contributed by atoms with Crippen LogP contribution in [-0.4, -0.2) is 61.8 Å². The summed E-state index contributed by atoms with van der Waals surface area (Å²) in [7, 11) is -3.41. The number of carbonyl (C=O) groups is 1. The van der Waals surface area contributed by atoms with Gasteiger partial charge < -0.3 is 10.2 Å². The molecule has 28 heavy (non-hydrogen) atoms. The van der Waals surface area contributed by atoms with Crippen molar-refractivity contribution >= 4 is 28.3 Å². The number of rotatable bonds is 4. The van der Waals surface area contributed by atoms with E-state index in [9.17, 15) is 13.2 Å². The summed E-state index contributed by atoms with van der Waals surface area (Å²) in [5, 5.41) is 3.42. The second-order valence-electron chi connectivity index (χ2n) is 7.96. The van der Waals surface area contributed by atoms with Gasteiger partial charge in [0.1, 0.15) is 0 Å². The molecule has 1 aromatic rings. The molecule has 0 aliphatic carbocycles. The predicted molar refractivity (Wildman–Crippen MR) is 111 cm³/mol. The lowest BCUT2D eigenvalue weighted by atomic mass is 10.1. The van der Waals surface area contributed by atoms with E-state index in [1.165, 1.54) is 0 Å². The molecular weight excluding hydrogens is 398 g/mol. The SMILES string of the molecule is Cl.O=C(Cc1ccc(S(=O)(=O)N2CCCCC2)cc1)N1C2CCNCC1CC2. The Morgan fingerprint density at radius 1 is 1.00 bits per heavy atom. The summed E-state index contributed by atoms with van der Waals surface area (Å²) in [5.41, 5.74) is 0.884. The maximum absolute atomic E-state index is 12.9. The van der Waals surface area contributed by atoms with E-state index < -0.39 is 10.0 Å². The number of fused-ring (bicyclic) bond motifs is 2. The zero-order valence-corrected chi connectivity index (χ0v) is 17.8. The summed E-state index contributed by atoms with van der Waals surface area (Å²) < 4.78 is 27.1. The highest BCUT2D eigenvalue weighted by atomic mass is 35.5. The molecule has 3 fully saturated rings. The number of amides is 1. The predicted octanol–water partition coefficient (Wildman–Crippen LogP) is 2.18. The van der Waals surface area contributed by atoms with Gasteiger partial charge in [-0.05, 0) is 56.3 Å². The van der Waals surface area contributed by atoms with Crippen molar-refractivity contribution in [3.8, 4) is 0 Å². The number of sulfonamides is 1. The quantitative estimate of drug-likeness (QED) is 0.799. The third-order valence-corrected chi connectivity index (χ3v) is 8.09. The van der Waals surface area contributed by atoms with E-state index in [-0.39, 0.29) is 18.3 Å². The van der Waals surface area contributed by atoms with E-state index in [0.717, 1.165) is 57.2 Å². The average Bonchev–Trinajstić information content (AvgIpc) is 2.95. The molecule has 8 heteroatoms. The van der Waals surface area contributed by atoms with Crippen LogP contribution >= 0.6 is 12.4 Å². The molecule has 2 atom stereocenters. The lowest BCUT2D eigenvalue weighted by Crippen LogP contribution is -2.43. The number of nitrogens with zero attached hydrogens (tertiary/aromatic N) is 2. The van der Waals surface area contributed by atoms with Crippen molar-refractivity contribution in [2.45, 2.75) is 61.9 Å². The second kappa shape index (κ2) is 9.11. The molecule has 2 bridgehead atoms. The van der Waals surface area contributed by atoms with E-state index in [0.29, 0.717) is 36.5 Å². The van der Waals surface area contributed by atoms with Crippen LogP contribution in [0.1, 0.15) is 44.1 Å². The molecule has 156 valence electrons. The van der Waals surface area contributed by atoms with E-state index in [1.807, 2.05) is 0 Å². The van der Waals surface area contributed by atoms with Gasteiger partial charge in [-0.15, -0.1) is 12.4 Å².